The average Bonchev–Trinajstić information content (AvgIpc) is 2.63. The Morgan fingerprint density at radius 1 is 1.41 bits per heavy atom. The lowest BCUT2D eigenvalue weighted by molar-refractivity contribution is -0.159. The van der Waals surface area contributed by atoms with E-state index in [9.17, 15) is 9.59 Å². The van der Waals surface area contributed by atoms with E-state index in [4.69, 9.17) is 16.0 Å². The highest BCUT2D eigenvalue weighted by Gasteiger charge is 2.34. The fourth-order valence-electron chi connectivity index (χ4n) is 1.68. The van der Waals surface area contributed by atoms with Crippen LogP contribution in [0.3, 0.4) is 0 Å². The van der Waals surface area contributed by atoms with Gasteiger partial charge in [0.1, 0.15) is 11.9 Å². The molecule has 1 rings (SSSR count). The summed E-state index contributed by atoms with van der Waals surface area (Å²) in [6, 6.07) is -0.469. The Hall–Kier alpha value is -0.433. The molecule has 0 aliphatic carbocycles. The first-order valence-electron chi connectivity index (χ1n) is 5.53. The highest BCUT2D eigenvalue weighted by Crippen LogP contribution is 2.16. The summed E-state index contributed by atoms with van der Waals surface area (Å²) < 4.78 is 10.4. The van der Waals surface area contributed by atoms with Gasteiger partial charge in [-0.3, -0.25) is 4.79 Å². The van der Waals surface area contributed by atoms with E-state index < -0.39 is 26.3 Å². The van der Waals surface area contributed by atoms with Crippen LogP contribution in [0.2, 0.25) is 19.6 Å². The first-order valence-corrected chi connectivity index (χ1v) is 9.48. The Bertz CT molecular complexity index is 305. The Labute approximate surface area is 107 Å². The largest absolute Gasteiger partial charge is 0.413 e. The standard InChI is InChI=1S/C10H18ClNO4Si/c1-17(2,3)16-7-4-8(12-6-7)10(14)15-9(13)5-11/h7-8,12H,4-6H2,1-3H3. The van der Waals surface area contributed by atoms with E-state index in [1.165, 1.54) is 0 Å². The van der Waals surface area contributed by atoms with Gasteiger partial charge in [0.2, 0.25) is 0 Å². The van der Waals surface area contributed by atoms with Gasteiger partial charge >= 0.3 is 11.9 Å². The maximum atomic E-state index is 11.5. The van der Waals surface area contributed by atoms with Crippen LogP contribution in [0, 0.1) is 0 Å². The maximum absolute atomic E-state index is 11.5. The zero-order valence-corrected chi connectivity index (χ0v) is 12.0. The third kappa shape index (κ3) is 5.16. The molecule has 0 amide bonds. The van der Waals surface area contributed by atoms with Crippen molar-refractivity contribution in [3.05, 3.63) is 0 Å². The van der Waals surface area contributed by atoms with Gasteiger partial charge in [0.15, 0.2) is 8.32 Å². The van der Waals surface area contributed by atoms with Crippen molar-refractivity contribution in [2.45, 2.75) is 38.2 Å². The molecule has 5 nitrogen and oxygen atoms in total. The zero-order valence-electron chi connectivity index (χ0n) is 10.3. The monoisotopic (exact) mass is 279 g/mol. The molecule has 2 atom stereocenters. The first-order chi connectivity index (χ1) is 7.81. The SMILES string of the molecule is C[Si](C)(C)OC1CNC(C(=O)OC(=O)CCl)C1. The average molecular weight is 280 g/mol. The predicted octanol–water partition coefficient (Wildman–Crippen LogP) is 0.877. The van der Waals surface area contributed by atoms with Crippen molar-refractivity contribution in [2.75, 3.05) is 12.4 Å². The number of hydrogen-bond donors (Lipinski definition) is 1. The predicted molar refractivity (Wildman–Crippen MR) is 66.4 cm³/mol. The van der Waals surface area contributed by atoms with Crippen LogP contribution in [0.1, 0.15) is 6.42 Å². The molecule has 1 N–H and O–H groups in total. The van der Waals surface area contributed by atoms with Crippen LogP contribution in [0.25, 0.3) is 0 Å². The number of carbonyl (C=O) groups is 2. The van der Waals surface area contributed by atoms with E-state index in [0.717, 1.165) is 0 Å². The molecule has 1 saturated heterocycles. The van der Waals surface area contributed by atoms with Crippen LogP contribution in [0.15, 0.2) is 0 Å². The topological polar surface area (TPSA) is 64.6 Å². The molecular weight excluding hydrogens is 262 g/mol. The van der Waals surface area contributed by atoms with E-state index in [2.05, 4.69) is 29.7 Å². The minimum Gasteiger partial charge on any atom is -0.413 e. The molecule has 0 spiro atoms. The van der Waals surface area contributed by atoms with Crippen LogP contribution in [-0.4, -0.2) is 44.8 Å². The molecule has 7 heteroatoms. The second kappa shape index (κ2) is 5.95. The Balaban J connectivity index is 2.39. The number of esters is 2. The van der Waals surface area contributed by atoms with Gasteiger partial charge in [0, 0.05) is 6.54 Å². The van der Waals surface area contributed by atoms with Crippen LogP contribution in [-0.2, 0) is 18.8 Å². The summed E-state index contributed by atoms with van der Waals surface area (Å²) in [6.45, 7) is 6.89. The number of ether oxygens (including phenoxy) is 1. The van der Waals surface area contributed by atoms with Crippen LogP contribution < -0.4 is 5.32 Å². The minimum absolute atomic E-state index is 0.0188. The van der Waals surface area contributed by atoms with Crippen molar-refractivity contribution in [3.63, 3.8) is 0 Å². The van der Waals surface area contributed by atoms with Crippen molar-refractivity contribution in [2.24, 2.45) is 0 Å². The summed E-state index contributed by atoms with van der Waals surface area (Å²) in [5, 5.41) is 2.99. The lowest BCUT2D eigenvalue weighted by atomic mass is 10.2. The Kier molecular flexibility index (Phi) is 5.12. The lowest BCUT2D eigenvalue weighted by Gasteiger charge is -2.22. The smallest absolute Gasteiger partial charge is 0.330 e. The highest BCUT2D eigenvalue weighted by atomic mass is 35.5. The maximum Gasteiger partial charge on any atom is 0.330 e. The molecule has 2 unspecified atom stereocenters. The quantitative estimate of drug-likeness (QED) is 0.358. The molecule has 0 aromatic heterocycles. The molecule has 17 heavy (non-hydrogen) atoms. The van der Waals surface area contributed by atoms with Crippen LogP contribution >= 0.6 is 11.6 Å². The molecule has 1 heterocycles. The molecule has 98 valence electrons. The number of hydrogen-bond acceptors (Lipinski definition) is 5. The van der Waals surface area contributed by atoms with Gasteiger partial charge in [-0.2, -0.15) is 0 Å². The number of nitrogens with one attached hydrogen (secondary N) is 1. The second-order valence-corrected chi connectivity index (χ2v) is 9.70. The molecule has 0 aromatic carbocycles. The minimum atomic E-state index is -1.61. The summed E-state index contributed by atoms with van der Waals surface area (Å²) in [6.07, 6.45) is 0.559. The van der Waals surface area contributed by atoms with Crippen molar-refractivity contribution >= 4 is 31.9 Å². The van der Waals surface area contributed by atoms with Crippen molar-refractivity contribution in [3.8, 4) is 0 Å². The molecule has 1 fully saturated rings. The number of rotatable bonds is 4. The summed E-state index contributed by atoms with van der Waals surface area (Å²) >= 11 is 5.25. The van der Waals surface area contributed by atoms with Crippen LogP contribution in [0.4, 0.5) is 0 Å². The van der Waals surface area contributed by atoms with E-state index >= 15 is 0 Å². The molecule has 1 aliphatic rings. The number of alkyl halides is 1. The summed E-state index contributed by atoms with van der Waals surface area (Å²) in [4.78, 5) is 22.4. The molecule has 0 radical (unpaired) electrons. The second-order valence-electron chi connectivity index (χ2n) is 4.98. The van der Waals surface area contributed by atoms with Gasteiger partial charge in [-0.25, -0.2) is 4.79 Å². The normalized spacial score (nSPS) is 24.7. The van der Waals surface area contributed by atoms with Gasteiger partial charge < -0.3 is 14.5 Å². The van der Waals surface area contributed by atoms with Crippen LogP contribution in [0.5, 0.6) is 0 Å². The molecule has 0 saturated carbocycles. The Morgan fingerprint density at radius 2 is 2.06 bits per heavy atom. The lowest BCUT2D eigenvalue weighted by Crippen LogP contribution is -2.34. The molecular formula is C10H18ClNO4Si. The van der Waals surface area contributed by atoms with Crippen molar-refractivity contribution in [1.29, 1.82) is 0 Å². The van der Waals surface area contributed by atoms with E-state index in [1.807, 2.05) is 0 Å². The summed E-state index contributed by atoms with van der Waals surface area (Å²) in [7, 11) is -1.61. The van der Waals surface area contributed by atoms with Crippen molar-refractivity contribution in [1.82, 2.24) is 5.32 Å². The van der Waals surface area contributed by atoms with Gasteiger partial charge in [-0.05, 0) is 26.1 Å². The van der Waals surface area contributed by atoms with Gasteiger partial charge in [-0.15, -0.1) is 11.6 Å². The highest BCUT2D eigenvalue weighted by molar-refractivity contribution is 6.69. The fraction of sp³-hybridized carbons (Fsp3) is 0.800. The van der Waals surface area contributed by atoms with E-state index in [0.29, 0.717) is 13.0 Å². The molecule has 1 aliphatic heterocycles. The first kappa shape index (κ1) is 14.6. The van der Waals surface area contributed by atoms with Gasteiger partial charge in [-0.1, -0.05) is 0 Å². The number of halogens is 1. The third-order valence-corrected chi connectivity index (χ3v) is 3.48. The van der Waals surface area contributed by atoms with E-state index in [-0.39, 0.29) is 12.0 Å². The van der Waals surface area contributed by atoms with Crippen molar-refractivity contribution < 1.29 is 18.8 Å². The Morgan fingerprint density at radius 3 is 2.59 bits per heavy atom. The molecule has 0 aromatic rings. The fourth-order valence-corrected chi connectivity index (χ4v) is 2.92. The van der Waals surface area contributed by atoms with Gasteiger partial charge in [0.25, 0.3) is 0 Å². The third-order valence-electron chi connectivity index (χ3n) is 2.22. The zero-order chi connectivity index (χ0) is 13.1. The molecule has 0 bridgehead atoms. The number of carbonyl (C=O) groups excluding carboxylic acids is 2. The van der Waals surface area contributed by atoms with Gasteiger partial charge in [0.05, 0.1) is 6.10 Å². The summed E-state index contributed by atoms with van der Waals surface area (Å²) in [5.41, 5.74) is 0. The van der Waals surface area contributed by atoms with E-state index in [1.54, 1.807) is 0 Å². The summed E-state index contributed by atoms with van der Waals surface area (Å²) in [5.74, 6) is -1.60.